The van der Waals surface area contributed by atoms with Crippen molar-refractivity contribution in [3.8, 4) is 0 Å². The molecule has 1 heterocycles. The summed E-state index contributed by atoms with van der Waals surface area (Å²) in [6.07, 6.45) is 0. The lowest BCUT2D eigenvalue weighted by Crippen LogP contribution is -2.25. The molecule has 7 heteroatoms. The first-order valence-corrected chi connectivity index (χ1v) is 10.2. The fourth-order valence-corrected chi connectivity index (χ4v) is 4.79. The molecule has 3 rings (SSSR count). The van der Waals surface area contributed by atoms with Crippen molar-refractivity contribution >= 4 is 38.6 Å². The molecule has 0 saturated carbocycles. The van der Waals surface area contributed by atoms with Gasteiger partial charge in [0, 0.05) is 18.3 Å². The van der Waals surface area contributed by atoms with E-state index in [-0.39, 0.29) is 10.1 Å². The smallest absolute Gasteiger partial charge is 0.273 e. The maximum absolute atomic E-state index is 12.5. The first-order valence-electron chi connectivity index (χ1n) is 7.88. The van der Waals surface area contributed by atoms with Crippen molar-refractivity contribution < 1.29 is 13.2 Å². The Morgan fingerprint density at radius 3 is 2.38 bits per heavy atom. The van der Waals surface area contributed by atoms with Crippen LogP contribution in [-0.2, 0) is 10.0 Å². The maximum atomic E-state index is 12.5. The average molecular weight is 386 g/mol. The average Bonchev–Trinajstić information content (AvgIpc) is 3.17. The summed E-state index contributed by atoms with van der Waals surface area (Å²) in [6.45, 7) is 1.95. The van der Waals surface area contributed by atoms with Gasteiger partial charge in [-0.1, -0.05) is 18.2 Å². The van der Waals surface area contributed by atoms with Gasteiger partial charge in [-0.2, -0.15) is 0 Å². The summed E-state index contributed by atoms with van der Waals surface area (Å²) >= 11 is 1.17. The van der Waals surface area contributed by atoms with Crippen LogP contribution in [0.1, 0.15) is 15.9 Å². The summed E-state index contributed by atoms with van der Waals surface area (Å²) < 4.78 is 26.6. The summed E-state index contributed by atoms with van der Waals surface area (Å²) in [4.78, 5) is 12.3. The normalized spacial score (nSPS) is 11.2. The van der Waals surface area contributed by atoms with Crippen LogP contribution < -0.4 is 9.62 Å². The van der Waals surface area contributed by atoms with E-state index in [2.05, 4.69) is 5.32 Å². The van der Waals surface area contributed by atoms with E-state index in [1.807, 2.05) is 31.2 Å². The molecule has 0 bridgehead atoms. The van der Waals surface area contributed by atoms with Crippen LogP contribution in [0, 0.1) is 6.92 Å². The number of nitrogens with one attached hydrogen (secondary N) is 1. The Morgan fingerprint density at radius 1 is 1.04 bits per heavy atom. The largest absolute Gasteiger partial charge is 0.322 e. The predicted molar refractivity (Wildman–Crippen MR) is 105 cm³/mol. The van der Waals surface area contributed by atoms with Crippen molar-refractivity contribution in [3.05, 3.63) is 77.2 Å². The monoisotopic (exact) mass is 386 g/mol. The van der Waals surface area contributed by atoms with Crippen LogP contribution in [-0.4, -0.2) is 21.4 Å². The number of anilines is 2. The quantitative estimate of drug-likeness (QED) is 0.717. The highest BCUT2D eigenvalue weighted by atomic mass is 32.2. The summed E-state index contributed by atoms with van der Waals surface area (Å²) in [7, 11) is -2.09. The zero-order chi connectivity index (χ0) is 18.7. The molecule has 5 nitrogen and oxygen atoms in total. The Hall–Kier alpha value is -2.64. The second-order valence-corrected chi connectivity index (χ2v) is 8.92. The molecule has 3 aromatic rings. The molecular formula is C19H18N2O3S2. The topological polar surface area (TPSA) is 66.5 Å². The number of sulfonamides is 1. The van der Waals surface area contributed by atoms with Crippen LogP contribution in [0.3, 0.4) is 0 Å². The van der Waals surface area contributed by atoms with E-state index >= 15 is 0 Å². The van der Waals surface area contributed by atoms with Crippen LogP contribution in [0.5, 0.6) is 0 Å². The minimum absolute atomic E-state index is 0.245. The molecule has 0 radical (unpaired) electrons. The van der Waals surface area contributed by atoms with E-state index in [9.17, 15) is 13.2 Å². The lowest BCUT2D eigenvalue weighted by Gasteiger charge is -2.18. The molecule has 0 saturated heterocycles. The second kappa shape index (κ2) is 7.31. The molecule has 26 heavy (non-hydrogen) atoms. The van der Waals surface area contributed by atoms with Gasteiger partial charge in [0.15, 0.2) is 0 Å². The van der Waals surface area contributed by atoms with E-state index < -0.39 is 10.0 Å². The predicted octanol–water partition coefficient (Wildman–Crippen LogP) is 4.13. The van der Waals surface area contributed by atoms with Crippen molar-refractivity contribution in [2.24, 2.45) is 0 Å². The van der Waals surface area contributed by atoms with E-state index in [0.717, 1.165) is 11.3 Å². The van der Waals surface area contributed by atoms with Crippen LogP contribution in [0.25, 0.3) is 0 Å². The van der Waals surface area contributed by atoms with E-state index in [1.54, 1.807) is 41.8 Å². The molecule has 0 atom stereocenters. The fraction of sp³-hybridized carbons (Fsp3) is 0.105. The van der Waals surface area contributed by atoms with Gasteiger partial charge in [-0.15, -0.1) is 11.3 Å². The molecule has 0 spiro atoms. The van der Waals surface area contributed by atoms with Gasteiger partial charge in [0.05, 0.1) is 5.69 Å². The molecule has 2 aromatic carbocycles. The van der Waals surface area contributed by atoms with Crippen molar-refractivity contribution in [2.45, 2.75) is 11.1 Å². The van der Waals surface area contributed by atoms with Gasteiger partial charge in [0.2, 0.25) is 0 Å². The minimum Gasteiger partial charge on any atom is -0.322 e. The number of rotatable bonds is 5. The molecular weight excluding hydrogens is 368 g/mol. The highest BCUT2D eigenvalue weighted by Crippen LogP contribution is 2.25. The zero-order valence-electron chi connectivity index (χ0n) is 14.3. The number of carbonyl (C=O) groups excluding carboxylic acids is 1. The van der Waals surface area contributed by atoms with Crippen LogP contribution in [0.2, 0.25) is 0 Å². The first kappa shape index (κ1) is 18.2. The number of thiophene rings is 1. The number of aryl methyl sites for hydroxylation is 1. The Morgan fingerprint density at radius 2 is 1.77 bits per heavy atom. The van der Waals surface area contributed by atoms with Crippen LogP contribution in [0.4, 0.5) is 11.4 Å². The third kappa shape index (κ3) is 3.79. The molecule has 0 aliphatic rings. The third-order valence-corrected chi connectivity index (χ3v) is 7.04. The second-order valence-electron chi connectivity index (χ2n) is 5.78. The Bertz CT molecular complexity index is 1010. The number of carbonyl (C=O) groups is 1. The maximum Gasteiger partial charge on any atom is 0.273 e. The van der Waals surface area contributed by atoms with Crippen molar-refractivity contribution in [1.29, 1.82) is 0 Å². The zero-order valence-corrected chi connectivity index (χ0v) is 16.0. The van der Waals surface area contributed by atoms with E-state index in [4.69, 9.17) is 0 Å². The van der Waals surface area contributed by atoms with Crippen molar-refractivity contribution in [2.75, 3.05) is 16.7 Å². The Labute approximate surface area is 157 Å². The van der Waals surface area contributed by atoms with E-state index in [1.165, 1.54) is 22.7 Å². The number of benzene rings is 2. The molecule has 134 valence electrons. The summed E-state index contributed by atoms with van der Waals surface area (Å²) in [6, 6.07) is 17.3. The summed E-state index contributed by atoms with van der Waals surface area (Å²) in [5.41, 5.74) is 2.72. The third-order valence-electron chi connectivity index (χ3n) is 3.88. The van der Waals surface area contributed by atoms with Crippen LogP contribution >= 0.6 is 11.3 Å². The molecule has 1 amide bonds. The first-order chi connectivity index (χ1) is 12.4. The molecule has 1 N–H and O–H groups in total. The SMILES string of the molecule is Cc1cccc(NC(=O)c2ccc(N(C)S(=O)(=O)c3cccs3)cc2)c1. The lowest BCUT2D eigenvalue weighted by molar-refractivity contribution is 0.102. The Balaban J connectivity index is 1.77. The van der Waals surface area contributed by atoms with Gasteiger partial charge >= 0.3 is 0 Å². The summed E-state index contributed by atoms with van der Waals surface area (Å²) in [5, 5.41) is 4.55. The number of amides is 1. The molecule has 0 aliphatic heterocycles. The minimum atomic E-state index is -3.58. The molecule has 0 fully saturated rings. The number of nitrogens with zero attached hydrogens (tertiary/aromatic N) is 1. The molecule has 0 unspecified atom stereocenters. The van der Waals surface area contributed by atoms with E-state index in [0.29, 0.717) is 11.3 Å². The highest BCUT2D eigenvalue weighted by molar-refractivity contribution is 7.94. The Kier molecular flexibility index (Phi) is 5.11. The van der Waals surface area contributed by atoms with Gasteiger partial charge in [-0.05, 0) is 60.3 Å². The van der Waals surface area contributed by atoms with Crippen molar-refractivity contribution in [3.63, 3.8) is 0 Å². The molecule has 1 aromatic heterocycles. The standard InChI is InChI=1S/C19H18N2O3S2/c1-14-5-3-6-16(13-14)20-19(22)15-8-10-17(11-9-15)21(2)26(23,24)18-7-4-12-25-18/h3-13H,1-2H3,(H,20,22). The highest BCUT2D eigenvalue weighted by Gasteiger charge is 2.22. The van der Waals surface area contributed by atoms with Gasteiger partial charge in [0.1, 0.15) is 4.21 Å². The van der Waals surface area contributed by atoms with Crippen LogP contribution in [0.15, 0.2) is 70.3 Å². The lowest BCUT2D eigenvalue weighted by atomic mass is 10.1. The van der Waals surface area contributed by atoms with Gasteiger partial charge in [-0.25, -0.2) is 8.42 Å². The van der Waals surface area contributed by atoms with Gasteiger partial charge in [-0.3, -0.25) is 9.10 Å². The number of hydrogen-bond acceptors (Lipinski definition) is 4. The summed E-state index contributed by atoms with van der Waals surface area (Å²) in [5.74, 6) is -0.245. The fourth-order valence-electron chi connectivity index (χ4n) is 2.43. The van der Waals surface area contributed by atoms with Gasteiger partial charge in [0.25, 0.3) is 15.9 Å². The van der Waals surface area contributed by atoms with Gasteiger partial charge < -0.3 is 5.32 Å². The molecule has 0 aliphatic carbocycles. The van der Waals surface area contributed by atoms with Crippen molar-refractivity contribution in [1.82, 2.24) is 0 Å². The number of hydrogen-bond donors (Lipinski definition) is 1.